The van der Waals surface area contributed by atoms with Gasteiger partial charge in [-0.3, -0.25) is 0 Å². The van der Waals surface area contributed by atoms with Crippen LogP contribution in [0.5, 0.6) is 0 Å². The first-order chi connectivity index (χ1) is 8.87. The minimum atomic E-state index is -5.05. The summed E-state index contributed by atoms with van der Waals surface area (Å²) in [6, 6.07) is 0. The molecule has 20 heavy (non-hydrogen) atoms. The first-order valence-electron chi connectivity index (χ1n) is 5.05. The highest BCUT2D eigenvalue weighted by Gasteiger charge is 2.34. The Bertz CT molecular complexity index is 314. The van der Waals surface area contributed by atoms with Crippen LogP contribution in [0.25, 0.3) is 0 Å². The smallest absolute Gasteiger partial charge is 0.396 e. The predicted octanol–water partition coefficient (Wildman–Crippen LogP) is -1.83. The fourth-order valence-electron chi connectivity index (χ4n) is 0.924. The lowest BCUT2D eigenvalue weighted by atomic mass is 9.85. The maximum atomic E-state index is 9.63. The molecule has 1 unspecified atom stereocenters. The van der Waals surface area contributed by atoms with E-state index in [9.17, 15) is 9.13 Å². The third-order valence-corrected chi connectivity index (χ3v) is 4.08. The van der Waals surface area contributed by atoms with Crippen molar-refractivity contribution in [2.45, 2.75) is 13.0 Å². The van der Waals surface area contributed by atoms with Gasteiger partial charge in [-0.2, -0.15) is 4.31 Å². The second-order valence-electron chi connectivity index (χ2n) is 3.78. The molecule has 11 nitrogen and oxygen atoms in total. The van der Waals surface area contributed by atoms with E-state index in [0.29, 0.717) is 0 Å². The first-order valence-corrected chi connectivity index (χ1v) is 8.11. The maximum absolute atomic E-state index is 9.63. The molecule has 0 aromatic heterocycles. The summed E-state index contributed by atoms with van der Waals surface area (Å²) in [5.74, 6) is 0. The summed E-state index contributed by atoms with van der Waals surface area (Å²) < 4.78 is 27.1. The SMILES string of the molecule is COC(C)C(CO)(CO)CO.O=P(O)(O)OP(=O)(O)O. The molecular formula is C7H20O11P2. The van der Waals surface area contributed by atoms with Crippen LogP contribution in [-0.4, -0.2) is 67.9 Å². The van der Waals surface area contributed by atoms with E-state index in [1.807, 2.05) is 0 Å². The van der Waals surface area contributed by atoms with Crippen molar-refractivity contribution < 1.29 is 53.1 Å². The molecule has 0 aliphatic carbocycles. The van der Waals surface area contributed by atoms with E-state index < -0.39 is 21.1 Å². The van der Waals surface area contributed by atoms with Crippen molar-refractivity contribution in [1.29, 1.82) is 0 Å². The van der Waals surface area contributed by atoms with E-state index in [-0.39, 0.29) is 25.9 Å². The standard InChI is InChI=1S/C7H16O4.H4O7P2/c1-6(11-2)7(3-8,4-9)5-10;1-8(2,3)7-9(4,5)6/h6,8-10H,3-5H2,1-2H3;(H2,1,2,3)(H2,4,5,6). The van der Waals surface area contributed by atoms with Crippen molar-refractivity contribution in [2.24, 2.45) is 5.41 Å². The van der Waals surface area contributed by atoms with E-state index in [2.05, 4.69) is 4.31 Å². The molecule has 0 saturated carbocycles. The van der Waals surface area contributed by atoms with Gasteiger partial charge in [-0.15, -0.1) is 0 Å². The summed E-state index contributed by atoms with van der Waals surface area (Å²) in [4.78, 5) is 31.0. The van der Waals surface area contributed by atoms with Crippen molar-refractivity contribution in [3.63, 3.8) is 0 Å². The van der Waals surface area contributed by atoms with Crippen molar-refractivity contribution >= 4 is 15.6 Å². The minimum Gasteiger partial charge on any atom is -0.396 e. The van der Waals surface area contributed by atoms with Crippen molar-refractivity contribution in [3.8, 4) is 0 Å². The normalized spacial score (nSPS) is 14.4. The Morgan fingerprint density at radius 3 is 1.30 bits per heavy atom. The summed E-state index contributed by atoms with van der Waals surface area (Å²) in [6.07, 6.45) is -0.359. The minimum absolute atomic E-state index is 0.283. The number of aliphatic hydroxyl groups is 3. The van der Waals surface area contributed by atoms with Crippen molar-refractivity contribution in [2.75, 3.05) is 26.9 Å². The lowest BCUT2D eigenvalue weighted by Gasteiger charge is -2.32. The molecule has 0 bridgehead atoms. The summed E-state index contributed by atoms with van der Waals surface area (Å²) in [5.41, 5.74) is -0.922. The number of aliphatic hydroxyl groups excluding tert-OH is 3. The molecule has 0 saturated heterocycles. The number of hydrogen-bond acceptors (Lipinski definition) is 7. The van der Waals surface area contributed by atoms with Crippen LogP contribution >= 0.6 is 15.6 Å². The quantitative estimate of drug-likeness (QED) is 0.257. The zero-order chi connectivity index (χ0) is 16.6. The monoisotopic (exact) mass is 342 g/mol. The predicted molar refractivity (Wildman–Crippen MR) is 65.3 cm³/mol. The Morgan fingerprint density at radius 1 is 0.950 bits per heavy atom. The van der Waals surface area contributed by atoms with Crippen LogP contribution in [0.1, 0.15) is 6.92 Å². The summed E-state index contributed by atoms with van der Waals surface area (Å²) >= 11 is 0. The van der Waals surface area contributed by atoms with Crippen molar-refractivity contribution in [3.05, 3.63) is 0 Å². The van der Waals surface area contributed by atoms with Gasteiger partial charge in [0.15, 0.2) is 0 Å². The van der Waals surface area contributed by atoms with Gasteiger partial charge in [-0.25, -0.2) is 9.13 Å². The molecule has 0 aromatic rings. The Morgan fingerprint density at radius 2 is 1.25 bits per heavy atom. The molecule has 0 amide bonds. The Balaban J connectivity index is 0. The Kier molecular flexibility index (Phi) is 10.3. The average molecular weight is 342 g/mol. The topological polar surface area (TPSA) is 194 Å². The van der Waals surface area contributed by atoms with Crippen LogP contribution in [0.2, 0.25) is 0 Å². The first kappa shape index (κ1) is 22.4. The van der Waals surface area contributed by atoms with E-state index in [0.717, 1.165) is 0 Å². The second kappa shape index (κ2) is 9.19. The van der Waals surface area contributed by atoms with Gasteiger partial charge in [0.25, 0.3) is 0 Å². The summed E-state index contributed by atoms with van der Waals surface area (Å²) in [5, 5.41) is 26.6. The zero-order valence-electron chi connectivity index (χ0n) is 10.9. The Labute approximate surface area is 115 Å². The molecule has 13 heteroatoms. The van der Waals surface area contributed by atoms with E-state index >= 15 is 0 Å². The molecule has 0 radical (unpaired) electrons. The third kappa shape index (κ3) is 9.92. The highest BCUT2D eigenvalue weighted by molar-refractivity contribution is 7.60. The van der Waals surface area contributed by atoms with Gasteiger partial charge in [0.05, 0.1) is 31.3 Å². The van der Waals surface area contributed by atoms with Crippen LogP contribution in [0.4, 0.5) is 0 Å². The lowest BCUT2D eigenvalue weighted by molar-refractivity contribution is -0.0910. The van der Waals surface area contributed by atoms with E-state index in [1.165, 1.54) is 7.11 Å². The van der Waals surface area contributed by atoms with Crippen molar-refractivity contribution in [1.82, 2.24) is 0 Å². The molecule has 7 N–H and O–H groups in total. The number of phosphoric acid groups is 2. The molecular weight excluding hydrogens is 322 g/mol. The van der Waals surface area contributed by atoms with Gasteiger partial charge >= 0.3 is 15.6 Å². The molecule has 0 fully saturated rings. The number of ether oxygens (including phenoxy) is 1. The molecule has 0 aliphatic heterocycles. The molecule has 0 aromatic carbocycles. The van der Waals surface area contributed by atoms with Gasteiger partial charge < -0.3 is 39.6 Å². The Hall–Kier alpha value is 0.100. The van der Waals surface area contributed by atoms with Gasteiger partial charge in [0.2, 0.25) is 0 Å². The fraction of sp³-hybridized carbons (Fsp3) is 1.00. The maximum Gasteiger partial charge on any atom is 0.478 e. The van der Waals surface area contributed by atoms with Gasteiger partial charge in [-0.1, -0.05) is 0 Å². The summed E-state index contributed by atoms with van der Waals surface area (Å²) in [7, 11) is -8.63. The van der Waals surface area contributed by atoms with Crippen LogP contribution in [0.15, 0.2) is 0 Å². The number of rotatable bonds is 7. The second-order valence-corrected chi connectivity index (χ2v) is 6.39. The largest absolute Gasteiger partial charge is 0.478 e. The average Bonchev–Trinajstić information content (AvgIpc) is 2.27. The molecule has 0 heterocycles. The van der Waals surface area contributed by atoms with Crippen LogP contribution in [0, 0.1) is 5.41 Å². The molecule has 0 rings (SSSR count). The van der Waals surface area contributed by atoms with Crippen LogP contribution in [0.3, 0.4) is 0 Å². The van der Waals surface area contributed by atoms with Crippen LogP contribution in [-0.2, 0) is 18.2 Å². The van der Waals surface area contributed by atoms with Gasteiger partial charge in [-0.05, 0) is 6.92 Å². The number of hydrogen-bond donors (Lipinski definition) is 7. The van der Waals surface area contributed by atoms with Gasteiger partial charge in [0.1, 0.15) is 0 Å². The molecule has 1 atom stereocenters. The molecule has 0 aliphatic rings. The molecule has 124 valence electrons. The lowest BCUT2D eigenvalue weighted by Crippen LogP contribution is -2.44. The third-order valence-electron chi connectivity index (χ3n) is 2.37. The molecule has 0 spiro atoms. The van der Waals surface area contributed by atoms with Gasteiger partial charge in [0, 0.05) is 7.11 Å². The number of methoxy groups -OCH3 is 1. The zero-order valence-corrected chi connectivity index (χ0v) is 12.6. The van der Waals surface area contributed by atoms with E-state index in [1.54, 1.807) is 6.92 Å². The van der Waals surface area contributed by atoms with Crippen LogP contribution < -0.4 is 0 Å². The highest BCUT2D eigenvalue weighted by atomic mass is 31.3. The fourth-order valence-corrected chi connectivity index (χ4v) is 2.03. The highest BCUT2D eigenvalue weighted by Crippen LogP contribution is 2.53. The summed E-state index contributed by atoms with van der Waals surface area (Å²) in [6.45, 7) is 0.849. The van der Waals surface area contributed by atoms with E-state index in [4.69, 9.17) is 39.6 Å².